The Morgan fingerprint density at radius 2 is 2.04 bits per heavy atom. The van der Waals surface area contributed by atoms with Crippen molar-refractivity contribution in [3.05, 3.63) is 15.9 Å². The minimum Gasteiger partial charge on any atom is -0.373 e. The predicted molar refractivity (Wildman–Crippen MR) is 101 cm³/mol. The number of H-pyrrole nitrogens is 1. The number of hydrogen-bond donors (Lipinski definition) is 1. The van der Waals surface area contributed by atoms with Crippen molar-refractivity contribution >= 4 is 21.8 Å². The number of hydrogen-bond acceptors (Lipinski definition) is 4. The van der Waals surface area contributed by atoms with E-state index < -0.39 is 0 Å². The molecule has 0 radical (unpaired) electrons. The molecule has 6 nitrogen and oxygen atoms in total. The lowest BCUT2D eigenvalue weighted by atomic mass is 10.1. The summed E-state index contributed by atoms with van der Waals surface area (Å²) in [5, 5.41) is 7.30. The van der Waals surface area contributed by atoms with E-state index in [1.54, 1.807) is 0 Å². The third kappa shape index (κ3) is 4.09. The van der Waals surface area contributed by atoms with E-state index in [-0.39, 0.29) is 24.2 Å². The van der Waals surface area contributed by atoms with Crippen LogP contribution in [0, 0.1) is 0 Å². The number of ether oxygens (including phenoxy) is 1. The molecule has 2 aliphatic rings. The largest absolute Gasteiger partial charge is 0.373 e. The highest BCUT2D eigenvalue weighted by atomic mass is 79.9. The lowest BCUT2D eigenvalue weighted by Crippen LogP contribution is -2.51. The van der Waals surface area contributed by atoms with Gasteiger partial charge in [-0.25, -0.2) is 0 Å². The summed E-state index contributed by atoms with van der Waals surface area (Å²) in [4.78, 5) is 17.5. The summed E-state index contributed by atoms with van der Waals surface area (Å²) < 4.78 is 6.63. The second kappa shape index (κ2) is 7.76. The van der Waals surface area contributed by atoms with Gasteiger partial charge in [-0.2, -0.15) is 5.10 Å². The summed E-state index contributed by atoms with van der Waals surface area (Å²) in [6.07, 6.45) is 2.63. The van der Waals surface area contributed by atoms with Crippen LogP contribution in [0.1, 0.15) is 62.6 Å². The number of carbonyl (C=O) groups is 1. The van der Waals surface area contributed by atoms with Gasteiger partial charge in [-0.3, -0.25) is 14.8 Å². The molecular formula is C18H29BrN4O2. The second-order valence-corrected chi connectivity index (χ2v) is 8.52. The number of carbonyl (C=O) groups excluding carboxylic acids is 1. The quantitative estimate of drug-likeness (QED) is 0.825. The number of nitrogens with one attached hydrogen (secondary N) is 1. The average molecular weight is 413 g/mol. The molecule has 1 aromatic heterocycles. The summed E-state index contributed by atoms with van der Waals surface area (Å²) in [5.74, 6) is 0.334. The summed E-state index contributed by atoms with van der Waals surface area (Å²) in [5.41, 5.74) is 1.49. The Balaban J connectivity index is 1.70. The molecule has 0 bridgehead atoms. The van der Waals surface area contributed by atoms with E-state index in [1.807, 2.05) is 4.90 Å². The van der Waals surface area contributed by atoms with E-state index in [0.29, 0.717) is 11.6 Å². The van der Waals surface area contributed by atoms with Crippen molar-refractivity contribution in [2.24, 2.45) is 0 Å². The molecule has 2 aliphatic heterocycles. The standard InChI is InChI=1S/C18H29BrN4O2/c1-11(2)16-15(19)17(21-20-16)18(24)23-7-5-6-14(23)10-22-8-12(3)25-13(4)9-22/h11-14H,5-10H2,1-4H3,(H,20,21). The maximum Gasteiger partial charge on any atom is 0.275 e. The molecule has 0 aromatic carbocycles. The first kappa shape index (κ1) is 18.9. The molecule has 1 N–H and O–H groups in total. The van der Waals surface area contributed by atoms with Gasteiger partial charge in [0.25, 0.3) is 5.91 Å². The molecule has 2 saturated heterocycles. The van der Waals surface area contributed by atoms with Crippen LogP contribution >= 0.6 is 15.9 Å². The number of aromatic nitrogens is 2. The van der Waals surface area contributed by atoms with Gasteiger partial charge in [-0.1, -0.05) is 13.8 Å². The van der Waals surface area contributed by atoms with Gasteiger partial charge < -0.3 is 9.64 Å². The molecule has 0 aliphatic carbocycles. The fourth-order valence-electron chi connectivity index (χ4n) is 4.03. The SMILES string of the molecule is CC1CN(CC2CCCN2C(=O)c2n[nH]c(C(C)C)c2Br)CC(C)O1. The van der Waals surface area contributed by atoms with Gasteiger partial charge in [0.1, 0.15) is 0 Å². The Labute approximate surface area is 158 Å². The van der Waals surface area contributed by atoms with Crippen LogP contribution in [-0.2, 0) is 4.74 Å². The zero-order valence-corrected chi connectivity index (χ0v) is 17.2. The van der Waals surface area contributed by atoms with Crippen molar-refractivity contribution in [1.82, 2.24) is 20.0 Å². The van der Waals surface area contributed by atoms with Crippen LogP contribution in [0.15, 0.2) is 4.47 Å². The highest BCUT2D eigenvalue weighted by molar-refractivity contribution is 9.10. The van der Waals surface area contributed by atoms with Crippen LogP contribution in [-0.4, -0.2) is 70.3 Å². The third-order valence-corrected chi connectivity index (χ3v) is 5.92. The number of aromatic amines is 1. The van der Waals surface area contributed by atoms with Gasteiger partial charge in [-0.15, -0.1) is 0 Å². The van der Waals surface area contributed by atoms with E-state index in [4.69, 9.17) is 4.74 Å². The van der Waals surface area contributed by atoms with Crippen molar-refractivity contribution in [2.45, 2.75) is 64.7 Å². The molecule has 1 aromatic rings. The highest BCUT2D eigenvalue weighted by Gasteiger charge is 2.34. The Hall–Kier alpha value is -0.920. The number of amides is 1. The normalized spacial score (nSPS) is 28.1. The van der Waals surface area contributed by atoms with Crippen LogP contribution in [0.4, 0.5) is 0 Å². The molecule has 25 heavy (non-hydrogen) atoms. The predicted octanol–water partition coefficient (Wildman–Crippen LogP) is 3.01. The van der Waals surface area contributed by atoms with Crippen LogP contribution in [0.5, 0.6) is 0 Å². The second-order valence-electron chi connectivity index (χ2n) is 7.73. The molecule has 0 saturated carbocycles. The Kier molecular flexibility index (Phi) is 5.85. The lowest BCUT2D eigenvalue weighted by molar-refractivity contribution is -0.0715. The monoisotopic (exact) mass is 412 g/mol. The molecule has 0 spiro atoms. The molecule has 3 atom stereocenters. The number of morpholine rings is 1. The summed E-state index contributed by atoms with van der Waals surface area (Å²) in [7, 11) is 0. The molecular weight excluding hydrogens is 384 g/mol. The zero-order valence-electron chi connectivity index (χ0n) is 15.6. The fraction of sp³-hybridized carbons (Fsp3) is 0.778. The maximum absolute atomic E-state index is 13.1. The zero-order chi connectivity index (χ0) is 18.1. The average Bonchev–Trinajstić information content (AvgIpc) is 3.12. The van der Waals surface area contributed by atoms with E-state index in [2.05, 4.69) is 58.7 Å². The van der Waals surface area contributed by atoms with Gasteiger partial charge in [0.2, 0.25) is 0 Å². The van der Waals surface area contributed by atoms with Crippen LogP contribution < -0.4 is 0 Å². The summed E-state index contributed by atoms with van der Waals surface area (Å²) in [6, 6.07) is 0.260. The number of halogens is 1. The maximum atomic E-state index is 13.1. The van der Waals surface area contributed by atoms with E-state index in [1.165, 1.54) is 0 Å². The van der Waals surface area contributed by atoms with Gasteiger partial charge in [-0.05, 0) is 48.5 Å². The Morgan fingerprint density at radius 1 is 1.36 bits per heavy atom. The molecule has 7 heteroatoms. The fourth-order valence-corrected chi connectivity index (χ4v) is 4.83. The van der Waals surface area contributed by atoms with Crippen molar-refractivity contribution in [1.29, 1.82) is 0 Å². The Morgan fingerprint density at radius 3 is 2.64 bits per heavy atom. The van der Waals surface area contributed by atoms with Gasteiger partial charge >= 0.3 is 0 Å². The van der Waals surface area contributed by atoms with Crippen molar-refractivity contribution in [2.75, 3.05) is 26.2 Å². The summed E-state index contributed by atoms with van der Waals surface area (Å²) >= 11 is 3.57. The number of likely N-dealkylation sites (tertiary alicyclic amines) is 1. The van der Waals surface area contributed by atoms with Crippen LogP contribution in [0.2, 0.25) is 0 Å². The molecule has 3 rings (SSSR count). The van der Waals surface area contributed by atoms with E-state index in [9.17, 15) is 4.79 Å². The first-order valence-electron chi connectivity index (χ1n) is 9.29. The molecule has 2 fully saturated rings. The minimum atomic E-state index is 0.0341. The lowest BCUT2D eigenvalue weighted by Gasteiger charge is -2.38. The molecule has 3 heterocycles. The van der Waals surface area contributed by atoms with Crippen molar-refractivity contribution < 1.29 is 9.53 Å². The molecule has 3 unspecified atom stereocenters. The molecule has 140 valence electrons. The van der Waals surface area contributed by atoms with Crippen molar-refractivity contribution in [3.63, 3.8) is 0 Å². The van der Waals surface area contributed by atoms with Crippen LogP contribution in [0.25, 0.3) is 0 Å². The molecule has 1 amide bonds. The van der Waals surface area contributed by atoms with Gasteiger partial charge in [0.05, 0.1) is 22.4 Å². The van der Waals surface area contributed by atoms with E-state index >= 15 is 0 Å². The van der Waals surface area contributed by atoms with Gasteiger partial charge in [0.15, 0.2) is 5.69 Å². The number of nitrogens with zero attached hydrogens (tertiary/aromatic N) is 3. The van der Waals surface area contributed by atoms with Crippen molar-refractivity contribution in [3.8, 4) is 0 Å². The third-order valence-electron chi connectivity index (χ3n) is 5.11. The number of rotatable bonds is 4. The Bertz CT molecular complexity index is 608. The first-order chi connectivity index (χ1) is 11.9. The van der Waals surface area contributed by atoms with Crippen LogP contribution in [0.3, 0.4) is 0 Å². The van der Waals surface area contributed by atoms with Gasteiger partial charge in [0, 0.05) is 32.2 Å². The topological polar surface area (TPSA) is 61.5 Å². The minimum absolute atomic E-state index is 0.0341. The smallest absolute Gasteiger partial charge is 0.275 e. The summed E-state index contributed by atoms with van der Waals surface area (Å²) in [6.45, 7) is 12.0. The van der Waals surface area contributed by atoms with E-state index in [0.717, 1.165) is 49.2 Å². The first-order valence-corrected chi connectivity index (χ1v) is 10.1. The highest BCUT2D eigenvalue weighted by Crippen LogP contribution is 2.29.